The average molecular weight is 332 g/mol. The molecule has 2 aromatic heterocycles. The monoisotopic (exact) mass is 332 g/mol. The maximum Gasteiger partial charge on any atom is 1.00 e. The molecule has 3 N–H and O–H groups in total. The van der Waals surface area contributed by atoms with Gasteiger partial charge in [0.25, 0.3) is 11.9 Å². The van der Waals surface area contributed by atoms with Crippen LogP contribution in [0.15, 0.2) is 36.4 Å². The number of hydrogen-bond acceptors (Lipinski definition) is 6. The van der Waals surface area contributed by atoms with E-state index in [1.807, 2.05) is 44.3 Å². The number of carbonyl (C=O) groups excluding carboxylic acids is 1. The Morgan fingerprint density at radius 1 is 1.17 bits per heavy atom. The number of nitrogens with one attached hydrogen (secondary N) is 3. The Kier molecular flexibility index (Phi) is 6.02. The number of aryl methyl sites for hydroxylation is 1. The third kappa shape index (κ3) is 4.16. The van der Waals surface area contributed by atoms with Gasteiger partial charge in [0.1, 0.15) is 5.69 Å². The summed E-state index contributed by atoms with van der Waals surface area (Å²) in [6.07, 6.45) is 0. The van der Waals surface area contributed by atoms with E-state index in [0.717, 1.165) is 22.5 Å². The third-order valence-electron chi connectivity index (χ3n) is 3.24. The molecule has 0 fully saturated rings. The summed E-state index contributed by atoms with van der Waals surface area (Å²) in [6, 6.07) is 11.5. The molecule has 8 nitrogen and oxygen atoms in total. The predicted molar refractivity (Wildman–Crippen MR) is 86.1 cm³/mol. The quantitative estimate of drug-likeness (QED) is 0.522. The van der Waals surface area contributed by atoms with E-state index in [4.69, 9.17) is 0 Å². The maximum atomic E-state index is 12.2. The number of benzene rings is 1. The molecule has 3 rings (SSSR count). The zero-order valence-electron chi connectivity index (χ0n) is 13.7. The Balaban J connectivity index is 0.00000208. The van der Waals surface area contributed by atoms with Crippen molar-refractivity contribution in [1.29, 1.82) is 0 Å². The van der Waals surface area contributed by atoms with Crippen molar-refractivity contribution in [3.05, 3.63) is 47.7 Å². The molecule has 116 valence electrons. The van der Waals surface area contributed by atoms with Crippen molar-refractivity contribution in [2.45, 2.75) is 6.92 Å². The summed E-state index contributed by atoms with van der Waals surface area (Å²) in [5, 5.41) is 18.6. The number of aromatic amines is 1. The van der Waals surface area contributed by atoms with Crippen LogP contribution in [0.1, 0.15) is 16.1 Å². The number of rotatable bonds is 4. The summed E-state index contributed by atoms with van der Waals surface area (Å²) in [7, 11) is 1.86. The fourth-order valence-electron chi connectivity index (χ4n) is 2.12. The Labute approximate surface area is 160 Å². The molecule has 3 aromatic rings. The third-order valence-corrected chi connectivity index (χ3v) is 3.24. The zero-order chi connectivity index (χ0) is 16.2. The van der Waals surface area contributed by atoms with E-state index in [1.54, 1.807) is 6.07 Å². The SMILES string of the molecule is CNc1ccc(-c2cc(C)cc(C(=O)Nc3nn[nH]n3)n2)cc1.[Na+]. The van der Waals surface area contributed by atoms with Crippen LogP contribution in [0, 0.1) is 6.92 Å². The van der Waals surface area contributed by atoms with Crippen LogP contribution in [0.25, 0.3) is 11.3 Å². The van der Waals surface area contributed by atoms with Gasteiger partial charge in [0.05, 0.1) is 5.69 Å². The Morgan fingerprint density at radius 3 is 2.54 bits per heavy atom. The minimum atomic E-state index is -0.386. The topological polar surface area (TPSA) is 108 Å². The fourth-order valence-corrected chi connectivity index (χ4v) is 2.12. The second kappa shape index (κ2) is 8.00. The van der Waals surface area contributed by atoms with E-state index in [0.29, 0.717) is 5.69 Å². The van der Waals surface area contributed by atoms with Gasteiger partial charge in [0.15, 0.2) is 0 Å². The van der Waals surface area contributed by atoms with Gasteiger partial charge in [-0.15, -0.1) is 5.10 Å². The summed E-state index contributed by atoms with van der Waals surface area (Å²) in [6.45, 7) is 1.91. The molecule has 0 unspecified atom stereocenters. The van der Waals surface area contributed by atoms with Crippen molar-refractivity contribution in [2.24, 2.45) is 0 Å². The van der Waals surface area contributed by atoms with Crippen molar-refractivity contribution < 1.29 is 34.4 Å². The molecule has 0 atom stereocenters. The number of hydrogen-bond donors (Lipinski definition) is 3. The number of amides is 1. The standard InChI is InChI=1S/C15H15N7O.Na/c1-9-7-12(10-3-5-11(16-2)6-4-10)17-13(8-9)14(23)18-15-19-21-22-20-15;/h3-8,16H,1-2H3,(H2,18,19,20,21,22,23);/q;+1. The van der Waals surface area contributed by atoms with Crippen LogP contribution >= 0.6 is 0 Å². The number of tetrazole rings is 1. The Bertz CT molecular complexity index is 818. The molecule has 0 radical (unpaired) electrons. The molecule has 0 aliphatic carbocycles. The molecule has 0 aliphatic heterocycles. The Hall–Kier alpha value is -2.29. The average Bonchev–Trinajstić information content (AvgIpc) is 3.07. The van der Waals surface area contributed by atoms with Crippen molar-refractivity contribution in [1.82, 2.24) is 25.6 Å². The zero-order valence-corrected chi connectivity index (χ0v) is 15.7. The van der Waals surface area contributed by atoms with Crippen LogP contribution in [0.5, 0.6) is 0 Å². The first-order valence-corrected chi connectivity index (χ1v) is 6.97. The van der Waals surface area contributed by atoms with Gasteiger partial charge in [0, 0.05) is 18.3 Å². The van der Waals surface area contributed by atoms with Gasteiger partial charge in [-0.1, -0.05) is 17.2 Å². The van der Waals surface area contributed by atoms with Crippen LogP contribution in [0.2, 0.25) is 0 Å². The summed E-state index contributed by atoms with van der Waals surface area (Å²) >= 11 is 0. The van der Waals surface area contributed by atoms with E-state index < -0.39 is 0 Å². The predicted octanol–water partition coefficient (Wildman–Crippen LogP) is -1.13. The van der Waals surface area contributed by atoms with Crippen molar-refractivity contribution in [3.8, 4) is 11.3 Å². The second-order valence-electron chi connectivity index (χ2n) is 4.93. The molecular formula is C15H15N7NaO+. The molecular weight excluding hydrogens is 317 g/mol. The largest absolute Gasteiger partial charge is 1.00 e. The van der Waals surface area contributed by atoms with Crippen LogP contribution in [0.3, 0.4) is 0 Å². The molecule has 0 aliphatic rings. The maximum absolute atomic E-state index is 12.2. The molecule has 0 bridgehead atoms. The summed E-state index contributed by atoms with van der Waals surface area (Å²) in [5.74, 6) is -0.276. The van der Waals surface area contributed by atoms with Gasteiger partial charge in [-0.05, 0) is 42.0 Å². The van der Waals surface area contributed by atoms with Crippen molar-refractivity contribution in [2.75, 3.05) is 17.7 Å². The molecule has 0 saturated carbocycles. The number of H-pyrrole nitrogens is 1. The van der Waals surface area contributed by atoms with Gasteiger partial charge >= 0.3 is 29.6 Å². The minimum Gasteiger partial charge on any atom is -0.388 e. The minimum absolute atomic E-state index is 0. The first kappa shape index (κ1) is 18.1. The van der Waals surface area contributed by atoms with Crippen LogP contribution in [-0.2, 0) is 0 Å². The fraction of sp³-hybridized carbons (Fsp3) is 0.133. The number of anilines is 2. The van der Waals surface area contributed by atoms with Gasteiger partial charge in [-0.3, -0.25) is 10.1 Å². The van der Waals surface area contributed by atoms with E-state index in [-0.39, 0.29) is 41.4 Å². The number of aromatic nitrogens is 5. The van der Waals surface area contributed by atoms with E-state index in [9.17, 15) is 4.79 Å². The van der Waals surface area contributed by atoms with E-state index in [2.05, 4.69) is 36.2 Å². The molecule has 9 heteroatoms. The van der Waals surface area contributed by atoms with Crippen LogP contribution in [0.4, 0.5) is 11.6 Å². The Morgan fingerprint density at radius 2 is 1.92 bits per heavy atom. The van der Waals surface area contributed by atoms with Gasteiger partial charge in [-0.25, -0.2) is 4.98 Å². The second-order valence-corrected chi connectivity index (χ2v) is 4.93. The van der Waals surface area contributed by atoms with Crippen molar-refractivity contribution in [3.63, 3.8) is 0 Å². The molecule has 2 heterocycles. The normalized spacial score (nSPS) is 9.92. The summed E-state index contributed by atoms with van der Waals surface area (Å²) < 4.78 is 0. The first-order chi connectivity index (χ1) is 11.2. The van der Waals surface area contributed by atoms with Gasteiger partial charge < -0.3 is 5.32 Å². The molecule has 1 amide bonds. The molecule has 0 spiro atoms. The summed E-state index contributed by atoms with van der Waals surface area (Å²) in [4.78, 5) is 16.7. The van der Waals surface area contributed by atoms with Crippen LogP contribution < -0.4 is 40.2 Å². The number of nitrogens with zero attached hydrogens (tertiary/aromatic N) is 4. The summed E-state index contributed by atoms with van der Waals surface area (Å²) in [5.41, 5.74) is 3.90. The van der Waals surface area contributed by atoms with Crippen molar-refractivity contribution >= 4 is 17.5 Å². The van der Waals surface area contributed by atoms with Gasteiger partial charge in [-0.2, -0.15) is 5.21 Å². The number of pyridine rings is 1. The molecule has 1 aromatic carbocycles. The number of carbonyl (C=O) groups is 1. The smallest absolute Gasteiger partial charge is 0.388 e. The van der Waals surface area contributed by atoms with Crippen LogP contribution in [-0.4, -0.2) is 38.6 Å². The molecule has 0 saturated heterocycles. The van der Waals surface area contributed by atoms with E-state index >= 15 is 0 Å². The first-order valence-electron chi connectivity index (χ1n) is 6.97. The van der Waals surface area contributed by atoms with E-state index in [1.165, 1.54) is 0 Å². The van der Waals surface area contributed by atoms with Gasteiger partial charge in [0.2, 0.25) is 0 Å². The molecule has 24 heavy (non-hydrogen) atoms.